The second-order valence-electron chi connectivity index (χ2n) is 9.77. The highest BCUT2D eigenvalue weighted by Crippen LogP contribution is 2.28. The summed E-state index contributed by atoms with van der Waals surface area (Å²) in [6.45, 7) is 10.1. The topological polar surface area (TPSA) is 56.3 Å². The lowest BCUT2D eigenvalue weighted by atomic mass is 10.1. The van der Waals surface area contributed by atoms with Gasteiger partial charge in [-0.2, -0.15) is 0 Å². The summed E-state index contributed by atoms with van der Waals surface area (Å²) in [5, 5.41) is 0. The zero-order valence-electron chi connectivity index (χ0n) is 21.9. The van der Waals surface area contributed by atoms with E-state index in [0.717, 1.165) is 36.3 Å². The number of amides is 2. The molecule has 35 heavy (non-hydrogen) atoms. The summed E-state index contributed by atoms with van der Waals surface area (Å²) in [6.07, 6.45) is 0.842. The summed E-state index contributed by atoms with van der Waals surface area (Å²) < 4.78 is 5.82. The van der Waals surface area contributed by atoms with E-state index >= 15 is 0 Å². The molecule has 0 spiro atoms. The molecule has 0 saturated heterocycles. The van der Waals surface area contributed by atoms with E-state index in [-0.39, 0.29) is 18.4 Å². The van der Waals surface area contributed by atoms with Crippen LogP contribution >= 0.6 is 0 Å². The van der Waals surface area contributed by atoms with Gasteiger partial charge in [0.15, 0.2) is 6.61 Å². The smallest absolute Gasteiger partial charge is 0.264 e. The number of para-hydroxylation sites is 2. The number of carbonyl (C=O) groups excluding carboxylic acids is 2. The Kier molecular flexibility index (Phi) is 9.69. The highest BCUT2D eigenvalue weighted by Gasteiger charge is 2.26. The van der Waals surface area contributed by atoms with Crippen LogP contribution in [0.2, 0.25) is 0 Å². The second-order valence-corrected chi connectivity index (χ2v) is 9.77. The molecule has 0 saturated carbocycles. The molecule has 7 nitrogen and oxygen atoms in total. The monoisotopic (exact) mass is 480 g/mol. The molecule has 190 valence electrons. The van der Waals surface area contributed by atoms with Crippen molar-refractivity contribution in [2.75, 3.05) is 58.3 Å². The number of likely N-dealkylation sites (N-methyl/N-ethyl adjacent to an activating group) is 1. The van der Waals surface area contributed by atoms with Crippen molar-refractivity contribution in [3.05, 3.63) is 59.7 Å². The SMILES string of the molecule is Cc1cccc2c1N(C(=O)COc1ccccc1)CCCN(C(C)C)CCN(C(=O)CN(C)C)C2. The van der Waals surface area contributed by atoms with Gasteiger partial charge in [0.25, 0.3) is 5.91 Å². The number of anilines is 1. The van der Waals surface area contributed by atoms with Gasteiger partial charge in [0, 0.05) is 38.8 Å². The molecule has 1 aliphatic rings. The number of hydrogen-bond donors (Lipinski definition) is 0. The van der Waals surface area contributed by atoms with Crippen molar-refractivity contribution in [3.63, 3.8) is 0 Å². The Morgan fingerprint density at radius 2 is 1.69 bits per heavy atom. The first kappa shape index (κ1) is 26.7. The molecule has 3 rings (SSSR count). The first-order chi connectivity index (χ1) is 16.8. The van der Waals surface area contributed by atoms with Crippen LogP contribution in [0.5, 0.6) is 5.75 Å². The molecule has 2 aromatic rings. The van der Waals surface area contributed by atoms with Crippen molar-refractivity contribution in [1.29, 1.82) is 0 Å². The van der Waals surface area contributed by atoms with Crippen molar-refractivity contribution < 1.29 is 14.3 Å². The maximum Gasteiger partial charge on any atom is 0.264 e. The molecule has 0 bridgehead atoms. The molecule has 0 aliphatic carbocycles. The third-order valence-electron chi connectivity index (χ3n) is 6.38. The van der Waals surface area contributed by atoms with Gasteiger partial charge in [-0.1, -0.05) is 36.4 Å². The lowest BCUT2D eigenvalue weighted by Crippen LogP contribution is -2.43. The van der Waals surface area contributed by atoms with Crippen LogP contribution in [0.4, 0.5) is 5.69 Å². The summed E-state index contributed by atoms with van der Waals surface area (Å²) in [6, 6.07) is 15.9. The molecule has 0 radical (unpaired) electrons. The lowest BCUT2D eigenvalue weighted by Gasteiger charge is -2.30. The summed E-state index contributed by atoms with van der Waals surface area (Å²) in [7, 11) is 3.83. The van der Waals surface area contributed by atoms with E-state index in [1.807, 2.05) is 84.2 Å². The van der Waals surface area contributed by atoms with Gasteiger partial charge in [-0.25, -0.2) is 0 Å². The van der Waals surface area contributed by atoms with Crippen LogP contribution in [0.3, 0.4) is 0 Å². The van der Waals surface area contributed by atoms with Crippen molar-refractivity contribution in [1.82, 2.24) is 14.7 Å². The Hall–Kier alpha value is -2.90. The molecule has 0 unspecified atom stereocenters. The fourth-order valence-electron chi connectivity index (χ4n) is 4.51. The molecule has 2 aromatic carbocycles. The van der Waals surface area contributed by atoms with Crippen LogP contribution in [-0.2, 0) is 16.1 Å². The van der Waals surface area contributed by atoms with E-state index < -0.39 is 0 Å². The Balaban J connectivity index is 1.93. The summed E-state index contributed by atoms with van der Waals surface area (Å²) in [4.78, 5) is 34.8. The number of benzene rings is 2. The van der Waals surface area contributed by atoms with Crippen LogP contribution in [0.15, 0.2) is 48.5 Å². The maximum absolute atomic E-state index is 13.5. The summed E-state index contributed by atoms with van der Waals surface area (Å²) in [5.41, 5.74) is 2.91. The molecule has 0 fully saturated rings. The second kappa shape index (κ2) is 12.7. The summed E-state index contributed by atoms with van der Waals surface area (Å²) in [5.74, 6) is 0.691. The van der Waals surface area contributed by atoms with Crippen LogP contribution in [0, 0.1) is 6.92 Å². The minimum Gasteiger partial charge on any atom is -0.484 e. The van der Waals surface area contributed by atoms with E-state index in [0.29, 0.717) is 38.0 Å². The third kappa shape index (κ3) is 7.54. The van der Waals surface area contributed by atoms with Gasteiger partial charge < -0.3 is 19.4 Å². The van der Waals surface area contributed by atoms with Gasteiger partial charge in [0.1, 0.15) is 5.75 Å². The van der Waals surface area contributed by atoms with E-state index in [2.05, 4.69) is 18.7 Å². The van der Waals surface area contributed by atoms with Crippen molar-refractivity contribution >= 4 is 17.5 Å². The highest BCUT2D eigenvalue weighted by atomic mass is 16.5. The quantitative estimate of drug-likeness (QED) is 0.634. The molecule has 0 atom stereocenters. The normalized spacial score (nSPS) is 15.6. The van der Waals surface area contributed by atoms with Gasteiger partial charge in [0.05, 0.1) is 12.2 Å². The van der Waals surface area contributed by atoms with Gasteiger partial charge in [-0.15, -0.1) is 0 Å². The first-order valence-corrected chi connectivity index (χ1v) is 12.5. The van der Waals surface area contributed by atoms with Gasteiger partial charge in [-0.05, 0) is 64.5 Å². The standard InChI is InChI=1S/C28H40N4O3/c1-22(2)30-15-10-16-32(27(34)21-35-25-13-7-6-8-14-25)28-23(3)11-9-12-24(28)19-31(18-17-30)26(33)20-29(4)5/h6-9,11-14,22H,10,15-21H2,1-5H3. The van der Waals surface area contributed by atoms with Crippen LogP contribution in [-0.4, -0.2) is 86.0 Å². The largest absolute Gasteiger partial charge is 0.484 e. The molecular weight excluding hydrogens is 440 g/mol. The Morgan fingerprint density at radius 1 is 0.943 bits per heavy atom. The van der Waals surface area contributed by atoms with Gasteiger partial charge >= 0.3 is 0 Å². The average Bonchev–Trinajstić information content (AvgIpc) is 2.85. The van der Waals surface area contributed by atoms with Gasteiger partial charge in [0.2, 0.25) is 5.91 Å². The zero-order chi connectivity index (χ0) is 25.4. The first-order valence-electron chi connectivity index (χ1n) is 12.5. The maximum atomic E-state index is 13.5. The molecule has 2 amide bonds. The van der Waals surface area contributed by atoms with Crippen molar-refractivity contribution in [2.24, 2.45) is 0 Å². The Bertz CT molecular complexity index is 977. The number of rotatable bonds is 6. The number of carbonyl (C=O) groups is 2. The number of hydrogen-bond acceptors (Lipinski definition) is 5. The average molecular weight is 481 g/mol. The lowest BCUT2D eigenvalue weighted by molar-refractivity contribution is -0.132. The molecule has 1 heterocycles. The number of fused-ring (bicyclic) bond motifs is 1. The molecule has 0 N–H and O–H groups in total. The predicted molar refractivity (Wildman–Crippen MR) is 141 cm³/mol. The Labute approximate surface area is 210 Å². The van der Waals surface area contributed by atoms with E-state index in [1.54, 1.807) is 0 Å². The van der Waals surface area contributed by atoms with Crippen LogP contribution in [0.25, 0.3) is 0 Å². The van der Waals surface area contributed by atoms with Crippen molar-refractivity contribution in [2.45, 2.75) is 39.8 Å². The molecule has 1 aliphatic heterocycles. The van der Waals surface area contributed by atoms with Crippen molar-refractivity contribution in [3.8, 4) is 5.75 Å². The van der Waals surface area contributed by atoms with E-state index in [4.69, 9.17) is 4.74 Å². The van der Waals surface area contributed by atoms with E-state index in [9.17, 15) is 9.59 Å². The molecule has 7 heteroatoms. The van der Waals surface area contributed by atoms with E-state index in [1.165, 1.54) is 0 Å². The number of aryl methyl sites for hydroxylation is 1. The Morgan fingerprint density at radius 3 is 2.37 bits per heavy atom. The number of nitrogens with zero attached hydrogens (tertiary/aromatic N) is 4. The van der Waals surface area contributed by atoms with Crippen LogP contribution < -0.4 is 9.64 Å². The molecular formula is C28H40N4O3. The zero-order valence-corrected chi connectivity index (χ0v) is 21.9. The molecule has 0 aromatic heterocycles. The minimum atomic E-state index is -0.0779. The fraction of sp³-hybridized carbons (Fsp3) is 0.500. The predicted octanol–water partition coefficient (Wildman–Crippen LogP) is 3.41. The van der Waals surface area contributed by atoms with Gasteiger partial charge in [-0.3, -0.25) is 14.5 Å². The fourth-order valence-corrected chi connectivity index (χ4v) is 4.51. The summed E-state index contributed by atoms with van der Waals surface area (Å²) >= 11 is 0. The minimum absolute atomic E-state index is 0.0328. The third-order valence-corrected chi connectivity index (χ3v) is 6.38. The number of ether oxygens (including phenoxy) is 1. The highest BCUT2D eigenvalue weighted by molar-refractivity contribution is 5.96. The van der Waals surface area contributed by atoms with Crippen LogP contribution in [0.1, 0.15) is 31.4 Å².